The maximum atomic E-state index is 9.66. The van der Waals surface area contributed by atoms with E-state index in [0.717, 1.165) is 0 Å². The second-order valence-electron chi connectivity index (χ2n) is 0.981. The molecule has 0 rings (SSSR count). The summed E-state index contributed by atoms with van der Waals surface area (Å²) in [6, 6.07) is 0. The number of hydrogen-bond donors (Lipinski definition) is 4. The fraction of sp³-hybridized carbons (Fsp3) is 0. The number of carbonyl (C=O) groups is 2. The predicted molar refractivity (Wildman–Crippen MR) is 31.0 cm³/mol. The second-order valence-corrected chi connectivity index (χ2v) is 1.52. The molecular formula is C2H4N2O5S. The highest BCUT2D eigenvalue weighted by Crippen LogP contribution is 1.89. The van der Waals surface area contributed by atoms with Gasteiger partial charge in [0.2, 0.25) is 0 Å². The molecule has 0 saturated carbocycles. The summed E-state index contributed by atoms with van der Waals surface area (Å²) in [6.45, 7) is 0. The Hall–Kier alpha value is -1.15. The average molecular weight is 168 g/mol. The van der Waals surface area contributed by atoms with Gasteiger partial charge in [-0.15, -0.1) is 0 Å². The lowest BCUT2D eigenvalue weighted by atomic mass is 11.3. The average Bonchev–Trinajstić information content (AvgIpc) is 1.79. The molecule has 0 aliphatic carbocycles. The number of carboxylic acid groups (broad SMARTS) is 2. The summed E-state index contributed by atoms with van der Waals surface area (Å²) in [5.74, 6) is 0. The van der Waals surface area contributed by atoms with Crippen molar-refractivity contribution in [2.24, 2.45) is 0 Å². The molecular weight excluding hydrogens is 164 g/mol. The maximum Gasteiger partial charge on any atom is 0.429 e. The van der Waals surface area contributed by atoms with Gasteiger partial charge in [0.25, 0.3) is 0 Å². The molecule has 0 aromatic carbocycles. The number of rotatable bonds is 3. The summed E-state index contributed by atoms with van der Waals surface area (Å²) in [5.41, 5.74) is 1.45. The van der Waals surface area contributed by atoms with Crippen LogP contribution in [0.25, 0.3) is 0 Å². The predicted octanol–water partition coefficient (Wildman–Crippen LogP) is 0.0164. The van der Waals surface area contributed by atoms with Gasteiger partial charge in [-0.2, -0.15) is 9.76 Å². The van der Waals surface area contributed by atoms with E-state index in [4.69, 9.17) is 10.2 Å². The van der Waals surface area contributed by atoms with Crippen LogP contribution in [0, 0.1) is 0 Å². The van der Waals surface area contributed by atoms with Gasteiger partial charge >= 0.3 is 12.2 Å². The molecule has 0 radical (unpaired) electrons. The summed E-state index contributed by atoms with van der Waals surface area (Å²) in [6.07, 6.45) is -2.73. The zero-order chi connectivity index (χ0) is 7.98. The Morgan fingerprint density at radius 1 is 1.30 bits per heavy atom. The first kappa shape index (κ1) is 8.85. The van der Waals surface area contributed by atoms with E-state index in [0.29, 0.717) is 0 Å². The van der Waals surface area contributed by atoms with Crippen molar-refractivity contribution in [2.75, 3.05) is 0 Å². The Labute approximate surface area is 59.7 Å². The lowest BCUT2D eigenvalue weighted by Gasteiger charge is -1.97. The lowest BCUT2D eigenvalue weighted by Crippen LogP contribution is -2.21. The van der Waals surface area contributed by atoms with Crippen molar-refractivity contribution in [2.45, 2.75) is 0 Å². The Morgan fingerprint density at radius 3 is 2.30 bits per heavy atom. The van der Waals surface area contributed by atoms with Crippen molar-refractivity contribution in [3.05, 3.63) is 0 Å². The Morgan fingerprint density at radius 2 is 1.90 bits per heavy atom. The van der Waals surface area contributed by atoms with Crippen LogP contribution in [0.3, 0.4) is 0 Å². The molecule has 0 fully saturated rings. The van der Waals surface area contributed by atoms with Crippen LogP contribution >= 0.6 is 12.2 Å². The number of nitrogens with one attached hydrogen (secondary N) is 2. The van der Waals surface area contributed by atoms with Gasteiger partial charge in [-0.3, -0.25) is 0 Å². The minimum absolute atomic E-state index is 0.248. The monoisotopic (exact) mass is 168 g/mol. The smallest absolute Gasteiger partial charge is 0.429 e. The Balaban J connectivity index is 3.06. The highest BCUT2D eigenvalue weighted by molar-refractivity contribution is 7.93. The van der Waals surface area contributed by atoms with Crippen LogP contribution in [0.15, 0.2) is 0 Å². The fourth-order valence-electron chi connectivity index (χ4n) is 0.113. The first-order chi connectivity index (χ1) is 4.63. The van der Waals surface area contributed by atoms with Crippen molar-refractivity contribution >= 4 is 24.4 Å². The zero-order valence-corrected chi connectivity index (χ0v) is 5.34. The zero-order valence-electron chi connectivity index (χ0n) is 4.53. The number of amides is 2. The van der Waals surface area contributed by atoms with E-state index in [1.165, 1.54) is 5.48 Å². The minimum Gasteiger partial charge on any atom is -0.464 e. The van der Waals surface area contributed by atoms with Gasteiger partial charge in [0.1, 0.15) is 12.2 Å². The minimum atomic E-state index is -1.40. The van der Waals surface area contributed by atoms with E-state index in [1.54, 1.807) is 4.72 Å². The van der Waals surface area contributed by atoms with E-state index >= 15 is 0 Å². The third-order valence-electron chi connectivity index (χ3n) is 0.300. The summed E-state index contributed by atoms with van der Waals surface area (Å²) in [5, 5.41) is 15.7. The topological polar surface area (TPSA) is 108 Å². The standard InChI is InChI=1S/C2H4N2O5S/c5-1(6)3-9-10-4-2(7)8/h3-4H,(H,5,6)(H,7,8). The molecule has 0 aromatic heterocycles. The highest BCUT2D eigenvalue weighted by atomic mass is 32.2. The molecule has 2 amide bonds. The summed E-state index contributed by atoms with van der Waals surface area (Å²) < 4.78 is 5.67. The van der Waals surface area contributed by atoms with Gasteiger partial charge in [-0.1, -0.05) is 0 Å². The fourth-order valence-corrected chi connectivity index (χ4v) is 0.339. The van der Waals surface area contributed by atoms with Crippen molar-refractivity contribution in [1.29, 1.82) is 0 Å². The van der Waals surface area contributed by atoms with Gasteiger partial charge in [0, 0.05) is 0 Å². The molecule has 0 atom stereocenters. The van der Waals surface area contributed by atoms with Crippen LogP contribution in [0.4, 0.5) is 9.59 Å². The maximum absolute atomic E-state index is 9.66. The molecule has 0 spiro atoms. The molecule has 0 bridgehead atoms. The van der Waals surface area contributed by atoms with E-state index in [-0.39, 0.29) is 12.2 Å². The van der Waals surface area contributed by atoms with Crippen LogP contribution < -0.4 is 10.2 Å². The molecule has 0 saturated heterocycles. The SMILES string of the molecule is O=C(O)NOSNC(=O)O. The van der Waals surface area contributed by atoms with Crippen molar-refractivity contribution in [1.82, 2.24) is 10.2 Å². The summed E-state index contributed by atoms with van der Waals surface area (Å²) in [7, 11) is 0. The molecule has 7 nitrogen and oxygen atoms in total. The highest BCUT2D eigenvalue weighted by Gasteiger charge is 1.96. The molecule has 10 heavy (non-hydrogen) atoms. The van der Waals surface area contributed by atoms with E-state index < -0.39 is 12.2 Å². The molecule has 8 heteroatoms. The van der Waals surface area contributed by atoms with E-state index in [9.17, 15) is 9.59 Å². The molecule has 0 aliphatic rings. The number of hydroxylamine groups is 1. The molecule has 0 aliphatic heterocycles. The van der Waals surface area contributed by atoms with Crippen molar-refractivity contribution < 1.29 is 24.1 Å². The van der Waals surface area contributed by atoms with E-state index in [1.807, 2.05) is 0 Å². The van der Waals surface area contributed by atoms with Crippen molar-refractivity contribution in [3.8, 4) is 0 Å². The van der Waals surface area contributed by atoms with Crippen LogP contribution in [0.1, 0.15) is 0 Å². The largest absolute Gasteiger partial charge is 0.464 e. The first-order valence-electron chi connectivity index (χ1n) is 1.93. The van der Waals surface area contributed by atoms with Crippen LogP contribution in [-0.2, 0) is 4.28 Å². The molecule has 4 N–H and O–H groups in total. The molecule has 0 heterocycles. The second kappa shape index (κ2) is 4.70. The molecule has 0 aromatic rings. The molecule has 0 unspecified atom stereocenters. The van der Waals surface area contributed by atoms with Crippen molar-refractivity contribution in [3.63, 3.8) is 0 Å². The third-order valence-corrected chi connectivity index (χ3v) is 0.724. The van der Waals surface area contributed by atoms with Gasteiger partial charge < -0.3 is 10.2 Å². The van der Waals surface area contributed by atoms with Crippen LogP contribution in [0.2, 0.25) is 0 Å². The van der Waals surface area contributed by atoms with Crippen LogP contribution in [0.5, 0.6) is 0 Å². The Kier molecular flexibility index (Phi) is 4.16. The first-order valence-corrected chi connectivity index (χ1v) is 2.67. The van der Waals surface area contributed by atoms with Gasteiger partial charge in [0.05, 0.1) is 0 Å². The van der Waals surface area contributed by atoms with Crippen LogP contribution in [-0.4, -0.2) is 22.4 Å². The number of hydrogen-bond acceptors (Lipinski definition) is 4. The Bertz CT molecular complexity index is 122. The summed E-state index contributed by atoms with van der Waals surface area (Å²) in [4.78, 5) is 19.3. The quantitative estimate of drug-likeness (QED) is 0.205. The van der Waals surface area contributed by atoms with Gasteiger partial charge in [-0.05, 0) is 0 Å². The lowest BCUT2D eigenvalue weighted by molar-refractivity contribution is 0.147. The van der Waals surface area contributed by atoms with Gasteiger partial charge in [-0.25, -0.2) is 14.3 Å². The normalized spacial score (nSPS) is 8.40. The van der Waals surface area contributed by atoms with E-state index in [2.05, 4.69) is 4.28 Å². The molecule has 58 valence electrons. The van der Waals surface area contributed by atoms with Gasteiger partial charge in [0.15, 0.2) is 0 Å². The third kappa shape index (κ3) is 6.85. The summed E-state index contributed by atoms with van der Waals surface area (Å²) >= 11 is 0.248.